The van der Waals surface area contributed by atoms with Gasteiger partial charge < -0.3 is 19.0 Å². The van der Waals surface area contributed by atoms with Gasteiger partial charge in [0.1, 0.15) is 11.6 Å². The predicted molar refractivity (Wildman–Crippen MR) is 99.2 cm³/mol. The highest BCUT2D eigenvalue weighted by atomic mass is 16.5. The molecule has 0 saturated carbocycles. The van der Waals surface area contributed by atoms with E-state index in [0.717, 1.165) is 35.9 Å². The van der Waals surface area contributed by atoms with Crippen molar-refractivity contribution in [2.75, 3.05) is 32.8 Å². The molecule has 144 valence electrons. The van der Waals surface area contributed by atoms with Crippen molar-refractivity contribution in [3.8, 4) is 0 Å². The van der Waals surface area contributed by atoms with Crippen LogP contribution in [0.25, 0.3) is 11.1 Å². The minimum Gasteiger partial charge on any atom is -0.441 e. The summed E-state index contributed by atoms with van der Waals surface area (Å²) in [6, 6.07) is 5.69. The van der Waals surface area contributed by atoms with Crippen LogP contribution in [0.3, 0.4) is 0 Å². The zero-order valence-electron chi connectivity index (χ0n) is 15.6. The third-order valence-corrected chi connectivity index (χ3v) is 5.28. The molecule has 2 aromatic rings. The molecule has 1 atom stereocenters. The average molecular weight is 371 g/mol. The molecule has 1 aromatic heterocycles. The molecule has 3 heterocycles. The minimum atomic E-state index is -0.287. The van der Waals surface area contributed by atoms with Crippen LogP contribution < -0.4 is 0 Å². The first kappa shape index (κ1) is 18.0. The van der Waals surface area contributed by atoms with Crippen molar-refractivity contribution in [3.63, 3.8) is 0 Å². The van der Waals surface area contributed by atoms with Crippen LogP contribution in [0.1, 0.15) is 30.7 Å². The number of oxazole rings is 1. The van der Waals surface area contributed by atoms with Crippen molar-refractivity contribution in [3.05, 3.63) is 29.7 Å². The molecule has 7 nitrogen and oxygen atoms in total. The van der Waals surface area contributed by atoms with Crippen molar-refractivity contribution in [2.24, 2.45) is 0 Å². The Kier molecular flexibility index (Phi) is 5.11. The molecule has 2 amide bonds. The lowest BCUT2D eigenvalue weighted by Crippen LogP contribution is -2.42. The lowest BCUT2D eigenvalue weighted by molar-refractivity contribution is -0.141. The van der Waals surface area contributed by atoms with Gasteiger partial charge in [-0.15, -0.1) is 0 Å². The summed E-state index contributed by atoms with van der Waals surface area (Å²) in [5.41, 5.74) is 2.45. The summed E-state index contributed by atoms with van der Waals surface area (Å²) in [4.78, 5) is 33.3. The SMILES string of the molecule is Cc1nc2cc(CC(=O)N3CCCN(C(=O)C4CCCO4)CC3)ccc2o1. The number of carbonyl (C=O) groups excluding carboxylic acids is 2. The van der Waals surface area contributed by atoms with E-state index in [1.54, 1.807) is 0 Å². The molecule has 2 aliphatic heterocycles. The fourth-order valence-corrected chi connectivity index (χ4v) is 3.85. The number of amides is 2. The maximum absolute atomic E-state index is 12.7. The molecule has 2 aliphatic rings. The minimum absolute atomic E-state index is 0.0775. The molecule has 0 aliphatic carbocycles. The van der Waals surface area contributed by atoms with Gasteiger partial charge in [-0.25, -0.2) is 4.98 Å². The standard InChI is InChI=1S/C20H25N3O4/c1-14-21-16-12-15(5-6-17(16)27-14)13-19(24)22-7-3-8-23(10-9-22)20(25)18-4-2-11-26-18/h5-6,12,18H,2-4,7-11,13H2,1H3. The summed E-state index contributed by atoms with van der Waals surface area (Å²) in [5.74, 6) is 0.784. The predicted octanol–water partition coefficient (Wildman–Crippen LogP) is 1.92. The third kappa shape index (κ3) is 3.98. The summed E-state index contributed by atoms with van der Waals surface area (Å²) >= 11 is 0. The summed E-state index contributed by atoms with van der Waals surface area (Å²) in [7, 11) is 0. The normalized spacial score (nSPS) is 20.9. The van der Waals surface area contributed by atoms with E-state index in [1.165, 1.54) is 0 Å². The molecule has 7 heteroatoms. The van der Waals surface area contributed by atoms with Gasteiger partial charge in [-0.1, -0.05) is 6.07 Å². The molecule has 4 rings (SSSR count). The molecule has 0 bridgehead atoms. The molecule has 0 radical (unpaired) electrons. The third-order valence-electron chi connectivity index (χ3n) is 5.28. The molecular weight excluding hydrogens is 346 g/mol. The quantitative estimate of drug-likeness (QED) is 0.824. The van der Waals surface area contributed by atoms with Crippen LogP contribution in [0.4, 0.5) is 0 Å². The Hall–Kier alpha value is -2.41. The van der Waals surface area contributed by atoms with Gasteiger partial charge >= 0.3 is 0 Å². The van der Waals surface area contributed by atoms with Crippen molar-refractivity contribution in [1.29, 1.82) is 0 Å². The summed E-state index contributed by atoms with van der Waals surface area (Å²) in [5, 5.41) is 0. The van der Waals surface area contributed by atoms with Gasteiger partial charge in [0, 0.05) is 39.7 Å². The molecule has 0 N–H and O–H groups in total. The molecule has 2 fully saturated rings. The topological polar surface area (TPSA) is 75.9 Å². The molecule has 27 heavy (non-hydrogen) atoms. The van der Waals surface area contributed by atoms with Crippen LogP contribution in [0.2, 0.25) is 0 Å². The first-order valence-electron chi connectivity index (χ1n) is 9.64. The Morgan fingerprint density at radius 1 is 1.15 bits per heavy atom. The van der Waals surface area contributed by atoms with Crippen LogP contribution >= 0.6 is 0 Å². The maximum atomic E-state index is 12.7. The smallest absolute Gasteiger partial charge is 0.251 e. The second kappa shape index (κ2) is 7.68. The summed E-state index contributed by atoms with van der Waals surface area (Å²) < 4.78 is 11.0. The van der Waals surface area contributed by atoms with Crippen molar-refractivity contribution >= 4 is 22.9 Å². The highest BCUT2D eigenvalue weighted by Gasteiger charge is 2.30. The van der Waals surface area contributed by atoms with E-state index >= 15 is 0 Å². The number of aryl methyl sites for hydroxylation is 1. The summed E-state index contributed by atoms with van der Waals surface area (Å²) in [6.45, 7) is 5.00. The van der Waals surface area contributed by atoms with Crippen molar-refractivity contribution in [2.45, 2.75) is 38.7 Å². The number of rotatable bonds is 3. The number of fused-ring (bicyclic) bond motifs is 1. The van der Waals surface area contributed by atoms with Crippen molar-refractivity contribution in [1.82, 2.24) is 14.8 Å². The van der Waals surface area contributed by atoms with Crippen LogP contribution in [0.5, 0.6) is 0 Å². The molecule has 2 saturated heterocycles. The number of aromatic nitrogens is 1. The monoisotopic (exact) mass is 371 g/mol. The van der Waals surface area contributed by atoms with Gasteiger partial charge in [-0.2, -0.15) is 0 Å². The Bertz CT molecular complexity index is 841. The molecular formula is C20H25N3O4. The second-order valence-corrected chi connectivity index (χ2v) is 7.27. The fraction of sp³-hybridized carbons (Fsp3) is 0.550. The highest BCUT2D eigenvalue weighted by molar-refractivity contribution is 5.82. The van der Waals surface area contributed by atoms with Gasteiger partial charge in [0.25, 0.3) is 5.91 Å². The van der Waals surface area contributed by atoms with E-state index in [0.29, 0.717) is 45.1 Å². The number of hydrogen-bond acceptors (Lipinski definition) is 5. The van der Waals surface area contributed by atoms with Gasteiger partial charge in [-0.3, -0.25) is 9.59 Å². The Morgan fingerprint density at radius 2 is 1.96 bits per heavy atom. The number of carbonyl (C=O) groups is 2. The first-order chi connectivity index (χ1) is 13.1. The van der Waals surface area contributed by atoms with Crippen molar-refractivity contribution < 1.29 is 18.7 Å². The zero-order chi connectivity index (χ0) is 18.8. The molecule has 1 aromatic carbocycles. The second-order valence-electron chi connectivity index (χ2n) is 7.27. The van der Waals surface area contributed by atoms with E-state index in [9.17, 15) is 9.59 Å². The van der Waals surface area contributed by atoms with Crippen LogP contribution in [0.15, 0.2) is 22.6 Å². The largest absolute Gasteiger partial charge is 0.441 e. The number of ether oxygens (including phenoxy) is 1. The maximum Gasteiger partial charge on any atom is 0.251 e. The van der Waals surface area contributed by atoms with Gasteiger partial charge in [0.2, 0.25) is 5.91 Å². The van der Waals surface area contributed by atoms with Crippen LogP contribution in [0, 0.1) is 6.92 Å². The molecule has 1 unspecified atom stereocenters. The highest BCUT2D eigenvalue weighted by Crippen LogP contribution is 2.19. The van der Waals surface area contributed by atoms with E-state index in [-0.39, 0.29) is 17.9 Å². The van der Waals surface area contributed by atoms with E-state index < -0.39 is 0 Å². The van der Waals surface area contributed by atoms with E-state index in [2.05, 4.69) is 4.98 Å². The van der Waals surface area contributed by atoms with Crippen LogP contribution in [-0.4, -0.2) is 65.5 Å². The number of hydrogen-bond donors (Lipinski definition) is 0. The lowest BCUT2D eigenvalue weighted by Gasteiger charge is -2.24. The fourth-order valence-electron chi connectivity index (χ4n) is 3.85. The van der Waals surface area contributed by atoms with Gasteiger partial charge in [0.05, 0.1) is 6.42 Å². The number of benzene rings is 1. The first-order valence-corrected chi connectivity index (χ1v) is 9.64. The molecule has 0 spiro atoms. The van der Waals surface area contributed by atoms with E-state index in [1.807, 2.05) is 34.9 Å². The Morgan fingerprint density at radius 3 is 2.78 bits per heavy atom. The summed E-state index contributed by atoms with van der Waals surface area (Å²) in [6.07, 6.45) is 2.60. The zero-order valence-corrected chi connectivity index (χ0v) is 15.6. The Labute approximate surface area is 158 Å². The van der Waals surface area contributed by atoms with Gasteiger partial charge in [0.15, 0.2) is 11.5 Å². The number of nitrogens with zero attached hydrogens (tertiary/aromatic N) is 3. The Balaban J connectivity index is 1.36. The average Bonchev–Trinajstić information content (AvgIpc) is 3.23. The van der Waals surface area contributed by atoms with Crippen LogP contribution in [-0.2, 0) is 20.7 Å². The van der Waals surface area contributed by atoms with E-state index in [4.69, 9.17) is 9.15 Å². The van der Waals surface area contributed by atoms with Gasteiger partial charge in [-0.05, 0) is 37.0 Å². The lowest BCUT2D eigenvalue weighted by atomic mass is 10.1.